The third kappa shape index (κ3) is 4.46. The van der Waals surface area contributed by atoms with Gasteiger partial charge in [-0.15, -0.1) is 0 Å². The predicted molar refractivity (Wildman–Crippen MR) is 145 cm³/mol. The Morgan fingerprint density at radius 3 is 2.51 bits per heavy atom. The maximum atomic E-state index is 13.1. The number of rotatable bonds is 7. The summed E-state index contributed by atoms with van der Waals surface area (Å²) in [7, 11) is 0. The highest BCUT2D eigenvalue weighted by molar-refractivity contribution is 5.88. The van der Waals surface area contributed by atoms with Gasteiger partial charge >= 0.3 is 0 Å². The van der Waals surface area contributed by atoms with Gasteiger partial charge in [0.25, 0.3) is 5.56 Å². The number of hydrogen-bond acceptors (Lipinski definition) is 7. The standard InChI is InChI=1S/C28H34N8O/c1-5-21-17-36(25-15-27(37)34(7-3)26-18-33(13-10-29)32-28(25)26)22(6-2)16-35(21)19(4)20-8-9-23-24(14-20)31-12-11-30-23/h8-9,11-12,14-15,18-19,21-22H,5-7,13,16-17H2,1-4H3/t19?,21-,22+/m1/s1. The molecule has 1 aliphatic rings. The Labute approximate surface area is 217 Å². The summed E-state index contributed by atoms with van der Waals surface area (Å²) in [4.78, 5) is 27.0. The molecule has 0 saturated carbocycles. The first-order chi connectivity index (χ1) is 18.0. The molecular weight excluding hydrogens is 464 g/mol. The topological polar surface area (TPSA) is 95.9 Å². The summed E-state index contributed by atoms with van der Waals surface area (Å²) in [5, 5.41) is 14.0. The van der Waals surface area contributed by atoms with E-state index in [-0.39, 0.29) is 24.2 Å². The Hall–Kier alpha value is -3.77. The van der Waals surface area contributed by atoms with E-state index in [1.165, 1.54) is 5.56 Å². The van der Waals surface area contributed by atoms with Crippen molar-refractivity contribution in [2.75, 3.05) is 18.0 Å². The minimum Gasteiger partial charge on any atom is -0.364 e. The molecule has 0 aliphatic carbocycles. The summed E-state index contributed by atoms with van der Waals surface area (Å²) in [6, 6.07) is 11.0. The Morgan fingerprint density at radius 1 is 1.05 bits per heavy atom. The average Bonchev–Trinajstić information content (AvgIpc) is 3.34. The predicted octanol–water partition coefficient (Wildman–Crippen LogP) is 4.13. The van der Waals surface area contributed by atoms with Crippen LogP contribution in [0, 0.1) is 11.3 Å². The fraction of sp³-hybridized carbons (Fsp3) is 0.464. The zero-order valence-corrected chi connectivity index (χ0v) is 22.0. The highest BCUT2D eigenvalue weighted by Crippen LogP contribution is 2.34. The Kier molecular flexibility index (Phi) is 6.94. The largest absolute Gasteiger partial charge is 0.364 e. The molecule has 9 heteroatoms. The molecule has 4 heterocycles. The van der Waals surface area contributed by atoms with Crippen LogP contribution in [0.25, 0.3) is 22.1 Å². The van der Waals surface area contributed by atoms with Crippen molar-refractivity contribution in [1.82, 2.24) is 29.2 Å². The molecule has 4 aromatic rings. The van der Waals surface area contributed by atoms with E-state index in [0.29, 0.717) is 12.6 Å². The summed E-state index contributed by atoms with van der Waals surface area (Å²) in [5.41, 5.74) is 5.48. The lowest BCUT2D eigenvalue weighted by Crippen LogP contribution is -2.58. The maximum absolute atomic E-state index is 13.1. The monoisotopic (exact) mass is 498 g/mol. The van der Waals surface area contributed by atoms with Crippen LogP contribution in [0.1, 0.15) is 52.1 Å². The summed E-state index contributed by atoms with van der Waals surface area (Å²) in [6.45, 7) is 11.1. The lowest BCUT2D eigenvalue weighted by molar-refractivity contribution is 0.101. The summed E-state index contributed by atoms with van der Waals surface area (Å²) in [6.07, 6.45) is 7.22. The van der Waals surface area contributed by atoms with E-state index in [9.17, 15) is 10.1 Å². The van der Waals surface area contributed by atoms with E-state index in [1.807, 2.05) is 13.1 Å². The Balaban J connectivity index is 1.52. The molecule has 9 nitrogen and oxygen atoms in total. The normalized spacial score (nSPS) is 19.4. The highest BCUT2D eigenvalue weighted by atomic mass is 16.1. The van der Waals surface area contributed by atoms with E-state index in [0.717, 1.165) is 53.7 Å². The van der Waals surface area contributed by atoms with Crippen molar-refractivity contribution in [1.29, 1.82) is 5.26 Å². The summed E-state index contributed by atoms with van der Waals surface area (Å²) in [5.74, 6) is 0. The van der Waals surface area contributed by atoms with Crippen molar-refractivity contribution < 1.29 is 0 Å². The van der Waals surface area contributed by atoms with Crippen LogP contribution in [0.2, 0.25) is 0 Å². The van der Waals surface area contributed by atoms with Crippen LogP contribution < -0.4 is 10.5 Å². The second-order valence-electron chi connectivity index (χ2n) is 9.78. The quantitative estimate of drug-likeness (QED) is 0.378. The fourth-order valence-corrected chi connectivity index (χ4v) is 5.76. The molecule has 37 heavy (non-hydrogen) atoms. The fourth-order valence-electron chi connectivity index (χ4n) is 5.76. The molecule has 0 radical (unpaired) electrons. The Morgan fingerprint density at radius 2 is 1.81 bits per heavy atom. The van der Waals surface area contributed by atoms with Crippen molar-refractivity contribution in [2.24, 2.45) is 0 Å². The molecule has 3 atom stereocenters. The number of nitriles is 1. The van der Waals surface area contributed by atoms with Crippen LogP contribution >= 0.6 is 0 Å². The maximum Gasteiger partial charge on any atom is 0.253 e. The van der Waals surface area contributed by atoms with Crippen molar-refractivity contribution >= 4 is 27.8 Å². The zero-order valence-electron chi connectivity index (χ0n) is 22.0. The van der Waals surface area contributed by atoms with Crippen molar-refractivity contribution in [3.8, 4) is 6.07 Å². The van der Waals surface area contributed by atoms with Gasteiger partial charge in [-0.2, -0.15) is 10.4 Å². The summed E-state index contributed by atoms with van der Waals surface area (Å²) < 4.78 is 3.37. The van der Waals surface area contributed by atoms with Gasteiger partial charge < -0.3 is 9.47 Å². The number of anilines is 1. The van der Waals surface area contributed by atoms with Gasteiger partial charge in [0.05, 0.1) is 34.5 Å². The second-order valence-corrected chi connectivity index (χ2v) is 9.78. The van der Waals surface area contributed by atoms with E-state index >= 15 is 0 Å². The highest BCUT2D eigenvalue weighted by Gasteiger charge is 2.36. The summed E-state index contributed by atoms with van der Waals surface area (Å²) >= 11 is 0. The first-order valence-electron chi connectivity index (χ1n) is 13.2. The molecule has 0 spiro atoms. The number of fused-ring (bicyclic) bond motifs is 2. The number of pyridine rings is 1. The van der Waals surface area contributed by atoms with Crippen LogP contribution in [0.3, 0.4) is 0 Å². The first-order valence-corrected chi connectivity index (χ1v) is 13.2. The SMILES string of the molecule is CC[C@H]1CN(C(C)c2ccc3nccnc3c2)[C@H](CC)CN1c1cc(=O)n(CC)c2cn(CC#N)nc12. The number of aryl methyl sites for hydroxylation is 1. The molecule has 0 amide bonds. The molecule has 0 bridgehead atoms. The van der Waals surface area contributed by atoms with Gasteiger partial charge in [-0.3, -0.25) is 24.3 Å². The first kappa shape index (κ1) is 24.9. The molecular formula is C28H34N8O. The van der Waals surface area contributed by atoms with Crippen LogP contribution in [0.15, 0.2) is 47.7 Å². The lowest BCUT2D eigenvalue weighted by atomic mass is 9.96. The van der Waals surface area contributed by atoms with E-state index in [2.05, 4.69) is 64.8 Å². The van der Waals surface area contributed by atoms with Gasteiger partial charge in [0.1, 0.15) is 12.1 Å². The number of hydrogen-bond donors (Lipinski definition) is 0. The van der Waals surface area contributed by atoms with Gasteiger partial charge in [0.15, 0.2) is 0 Å². The van der Waals surface area contributed by atoms with Gasteiger partial charge in [-0.25, -0.2) is 0 Å². The molecule has 5 rings (SSSR count). The number of nitrogens with zero attached hydrogens (tertiary/aromatic N) is 8. The molecule has 0 N–H and O–H groups in total. The van der Waals surface area contributed by atoms with E-state index in [4.69, 9.17) is 5.10 Å². The third-order valence-corrected chi connectivity index (χ3v) is 7.81. The van der Waals surface area contributed by atoms with E-state index < -0.39 is 0 Å². The van der Waals surface area contributed by atoms with Crippen molar-refractivity contribution in [3.05, 3.63) is 58.8 Å². The molecule has 1 unspecified atom stereocenters. The van der Waals surface area contributed by atoms with Gasteiger partial charge in [0, 0.05) is 56.2 Å². The molecule has 192 valence electrons. The van der Waals surface area contributed by atoms with Crippen LogP contribution in [0.4, 0.5) is 5.69 Å². The lowest BCUT2D eigenvalue weighted by Gasteiger charge is -2.49. The molecule has 3 aromatic heterocycles. The third-order valence-electron chi connectivity index (χ3n) is 7.81. The number of aromatic nitrogens is 5. The zero-order chi connectivity index (χ0) is 26.1. The minimum absolute atomic E-state index is 0.0301. The molecule has 1 fully saturated rings. The second kappa shape index (κ2) is 10.3. The molecule has 1 saturated heterocycles. The number of benzene rings is 1. The van der Waals surface area contributed by atoms with Crippen LogP contribution in [-0.2, 0) is 13.1 Å². The van der Waals surface area contributed by atoms with Gasteiger partial charge in [-0.1, -0.05) is 19.9 Å². The average molecular weight is 499 g/mol. The minimum atomic E-state index is -0.0301. The van der Waals surface area contributed by atoms with Gasteiger partial charge in [0.2, 0.25) is 0 Å². The molecule has 1 aliphatic heterocycles. The van der Waals surface area contributed by atoms with Crippen LogP contribution in [-0.4, -0.2) is 54.4 Å². The number of piperazine rings is 1. The van der Waals surface area contributed by atoms with E-state index in [1.54, 1.807) is 27.7 Å². The van der Waals surface area contributed by atoms with Crippen molar-refractivity contribution in [3.63, 3.8) is 0 Å². The molecule has 1 aromatic carbocycles. The smallest absolute Gasteiger partial charge is 0.253 e. The van der Waals surface area contributed by atoms with Crippen LogP contribution in [0.5, 0.6) is 0 Å². The van der Waals surface area contributed by atoms with Crippen molar-refractivity contribution in [2.45, 2.75) is 71.8 Å². The van der Waals surface area contributed by atoms with Gasteiger partial charge in [-0.05, 0) is 44.4 Å². The Bertz CT molecular complexity index is 1520.